The average molecular weight is 357 g/mol. The van der Waals surface area contributed by atoms with Crippen LogP contribution in [0.15, 0.2) is 48.0 Å². The molecule has 0 unspecified atom stereocenters. The Morgan fingerprint density at radius 2 is 1.92 bits per heavy atom. The third kappa shape index (κ3) is 4.37. The summed E-state index contributed by atoms with van der Waals surface area (Å²) >= 11 is 5.97. The van der Waals surface area contributed by atoms with Gasteiger partial charge < -0.3 is 15.2 Å². The van der Waals surface area contributed by atoms with E-state index >= 15 is 0 Å². The number of nitrogens with zero attached hydrogens (tertiary/aromatic N) is 1. The lowest BCUT2D eigenvalue weighted by atomic mass is 10.1. The van der Waals surface area contributed by atoms with Crippen molar-refractivity contribution in [3.8, 4) is 17.6 Å². The number of ether oxygens (including phenoxy) is 2. The van der Waals surface area contributed by atoms with Gasteiger partial charge in [-0.1, -0.05) is 29.8 Å². The summed E-state index contributed by atoms with van der Waals surface area (Å²) in [5.41, 5.74) is 5.60. The molecule has 7 heteroatoms. The van der Waals surface area contributed by atoms with Crippen molar-refractivity contribution >= 4 is 29.6 Å². The Kier molecular flexibility index (Phi) is 5.77. The van der Waals surface area contributed by atoms with E-state index in [0.29, 0.717) is 5.56 Å². The third-order valence-electron chi connectivity index (χ3n) is 3.18. The number of nitrogens with two attached hydrogens (primary N) is 1. The minimum Gasteiger partial charge on any atom is -0.493 e. The monoisotopic (exact) mass is 356 g/mol. The van der Waals surface area contributed by atoms with Crippen LogP contribution in [0, 0.1) is 11.3 Å². The van der Waals surface area contributed by atoms with Crippen molar-refractivity contribution < 1.29 is 19.1 Å². The Morgan fingerprint density at radius 1 is 1.20 bits per heavy atom. The zero-order valence-electron chi connectivity index (χ0n) is 13.2. The predicted octanol–water partition coefficient (Wildman–Crippen LogP) is 2.96. The van der Waals surface area contributed by atoms with Crippen LogP contribution in [-0.4, -0.2) is 19.0 Å². The molecule has 25 heavy (non-hydrogen) atoms. The lowest BCUT2D eigenvalue weighted by molar-refractivity contribution is -0.114. The van der Waals surface area contributed by atoms with E-state index in [4.69, 9.17) is 32.1 Å². The second-order valence-electron chi connectivity index (χ2n) is 4.81. The topological polar surface area (TPSA) is 102 Å². The van der Waals surface area contributed by atoms with Gasteiger partial charge in [0.05, 0.1) is 17.7 Å². The Balaban J connectivity index is 2.31. The smallest absolute Gasteiger partial charge is 0.345 e. The SMILES string of the molecule is COc1cc(C=C(C#N)C(N)=O)ccc1OC(=O)c1ccccc1Cl. The van der Waals surface area contributed by atoms with Crippen LogP contribution >= 0.6 is 11.6 Å². The molecule has 0 aliphatic rings. The van der Waals surface area contributed by atoms with Crippen molar-refractivity contribution in [3.05, 3.63) is 64.2 Å². The molecule has 2 aromatic rings. The van der Waals surface area contributed by atoms with Crippen molar-refractivity contribution in [3.63, 3.8) is 0 Å². The van der Waals surface area contributed by atoms with Crippen molar-refractivity contribution in [2.45, 2.75) is 0 Å². The molecule has 6 nitrogen and oxygen atoms in total. The van der Waals surface area contributed by atoms with Gasteiger partial charge in [-0.25, -0.2) is 4.79 Å². The number of hydrogen-bond acceptors (Lipinski definition) is 5. The third-order valence-corrected chi connectivity index (χ3v) is 3.51. The molecule has 0 bridgehead atoms. The molecular formula is C18H13ClN2O4. The van der Waals surface area contributed by atoms with E-state index in [1.807, 2.05) is 0 Å². The number of primary amides is 1. The quantitative estimate of drug-likeness (QED) is 0.384. The highest BCUT2D eigenvalue weighted by atomic mass is 35.5. The average Bonchev–Trinajstić information content (AvgIpc) is 2.60. The van der Waals surface area contributed by atoms with E-state index in [1.54, 1.807) is 36.4 Å². The summed E-state index contributed by atoms with van der Waals surface area (Å²) in [6, 6.07) is 12.7. The molecule has 0 spiro atoms. The molecule has 0 saturated heterocycles. The van der Waals surface area contributed by atoms with Crippen molar-refractivity contribution in [2.24, 2.45) is 5.73 Å². The van der Waals surface area contributed by atoms with Crippen LogP contribution in [-0.2, 0) is 4.79 Å². The lowest BCUT2D eigenvalue weighted by Gasteiger charge is -2.10. The van der Waals surface area contributed by atoms with Gasteiger partial charge in [0.1, 0.15) is 11.6 Å². The summed E-state index contributed by atoms with van der Waals surface area (Å²) in [6.45, 7) is 0. The van der Waals surface area contributed by atoms with Gasteiger partial charge in [0, 0.05) is 0 Å². The second-order valence-corrected chi connectivity index (χ2v) is 5.22. The van der Waals surface area contributed by atoms with Crippen molar-refractivity contribution in [1.82, 2.24) is 0 Å². The number of carbonyl (C=O) groups is 2. The summed E-state index contributed by atoms with van der Waals surface area (Å²) in [7, 11) is 1.40. The maximum atomic E-state index is 12.2. The lowest BCUT2D eigenvalue weighted by Crippen LogP contribution is -2.12. The molecule has 0 saturated carbocycles. The van der Waals surface area contributed by atoms with E-state index in [2.05, 4.69) is 0 Å². The summed E-state index contributed by atoms with van der Waals surface area (Å²) in [6.07, 6.45) is 1.31. The molecular weight excluding hydrogens is 344 g/mol. The normalized spacial score (nSPS) is 10.7. The summed E-state index contributed by atoms with van der Waals surface area (Å²) in [5.74, 6) is -1.06. The van der Waals surface area contributed by atoms with Gasteiger partial charge in [0.25, 0.3) is 5.91 Å². The highest BCUT2D eigenvalue weighted by Crippen LogP contribution is 2.30. The van der Waals surface area contributed by atoms with Gasteiger partial charge in [-0.2, -0.15) is 5.26 Å². The van der Waals surface area contributed by atoms with Gasteiger partial charge in [0.2, 0.25) is 0 Å². The maximum Gasteiger partial charge on any atom is 0.345 e. The fourth-order valence-electron chi connectivity index (χ4n) is 1.97. The largest absolute Gasteiger partial charge is 0.493 e. The number of methoxy groups -OCH3 is 1. The van der Waals surface area contributed by atoms with Gasteiger partial charge in [0.15, 0.2) is 11.5 Å². The molecule has 1 amide bonds. The molecule has 2 aromatic carbocycles. The number of benzene rings is 2. The molecule has 2 N–H and O–H groups in total. The fraction of sp³-hybridized carbons (Fsp3) is 0.0556. The highest BCUT2D eigenvalue weighted by molar-refractivity contribution is 6.33. The molecule has 0 atom stereocenters. The summed E-state index contributed by atoms with van der Waals surface area (Å²) in [4.78, 5) is 23.3. The first-order valence-corrected chi connectivity index (χ1v) is 7.40. The first-order valence-electron chi connectivity index (χ1n) is 7.02. The maximum absolute atomic E-state index is 12.2. The first-order chi connectivity index (χ1) is 12.0. The van der Waals surface area contributed by atoms with Crippen LogP contribution in [0.1, 0.15) is 15.9 Å². The van der Waals surface area contributed by atoms with Crippen LogP contribution < -0.4 is 15.2 Å². The number of amides is 1. The van der Waals surface area contributed by atoms with Gasteiger partial charge in [-0.15, -0.1) is 0 Å². The molecule has 2 rings (SSSR count). The molecule has 0 aliphatic heterocycles. The van der Waals surface area contributed by atoms with Crippen molar-refractivity contribution in [2.75, 3.05) is 7.11 Å². The molecule has 0 heterocycles. The van der Waals surface area contributed by atoms with E-state index < -0.39 is 11.9 Å². The predicted molar refractivity (Wildman–Crippen MR) is 92.2 cm³/mol. The van der Waals surface area contributed by atoms with Crippen LogP contribution in [0.4, 0.5) is 0 Å². The highest BCUT2D eigenvalue weighted by Gasteiger charge is 2.15. The summed E-state index contributed by atoms with van der Waals surface area (Å²) in [5, 5.41) is 9.15. The van der Waals surface area contributed by atoms with Crippen LogP contribution in [0.25, 0.3) is 6.08 Å². The number of rotatable bonds is 5. The molecule has 0 radical (unpaired) electrons. The Bertz CT molecular complexity index is 900. The molecule has 0 aliphatic carbocycles. The summed E-state index contributed by atoms with van der Waals surface area (Å²) < 4.78 is 10.5. The number of halogens is 1. The standard InChI is InChI=1S/C18H13ClN2O4/c1-24-16-9-11(8-12(10-20)17(21)22)6-7-15(16)25-18(23)13-4-2-3-5-14(13)19/h2-9H,1H3,(H2,21,22). The zero-order chi connectivity index (χ0) is 18.4. The number of hydrogen-bond donors (Lipinski definition) is 1. The minimum atomic E-state index is -0.837. The fourth-order valence-corrected chi connectivity index (χ4v) is 2.18. The molecule has 126 valence electrons. The van der Waals surface area contributed by atoms with E-state index in [-0.39, 0.29) is 27.7 Å². The zero-order valence-corrected chi connectivity index (χ0v) is 13.9. The Morgan fingerprint density at radius 3 is 2.52 bits per heavy atom. The van der Waals surface area contributed by atoms with Crippen LogP contribution in [0.3, 0.4) is 0 Å². The Labute approximate surface area is 149 Å². The van der Waals surface area contributed by atoms with E-state index in [0.717, 1.165) is 0 Å². The molecule has 0 fully saturated rings. The minimum absolute atomic E-state index is 0.169. The first kappa shape index (κ1) is 18.0. The van der Waals surface area contributed by atoms with Crippen molar-refractivity contribution in [1.29, 1.82) is 5.26 Å². The van der Waals surface area contributed by atoms with Gasteiger partial charge >= 0.3 is 5.97 Å². The van der Waals surface area contributed by atoms with E-state index in [9.17, 15) is 9.59 Å². The number of nitriles is 1. The van der Waals surface area contributed by atoms with Crippen LogP contribution in [0.5, 0.6) is 11.5 Å². The number of esters is 1. The van der Waals surface area contributed by atoms with Gasteiger partial charge in [-0.3, -0.25) is 4.79 Å². The van der Waals surface area contributed by atoms with E-state index in [1.165, 1.54) is 25.3 Å². The number of carbonyl (C=O) groups excluding carboxylic acids is 2. The molecule has 0 aromatic heterocycles. The Hall–Kier alpha value is -3.30. The second kappa shape index (κ2) is 7.99. The van der Waals surface area contributed by atoms with Crippen LogP contribution in [0.2, 0.25) is 5.02 Å². The van der Waals surface area contributed by atoms with Gasteiger partial charge in [-0.05, 0) is 35.9 Å².